The van der Waals surface area contributed by atoms with Crippen LogP contribution in [0.3, 0.4) is 0 Å². The van der Waals surface area contributed by atoms with Gasteiger partial charge in [-0.3, -0.25) is 4.79 Å². The van der Waals surface area contributed by atoms with E-state index in [0.29, 0.717) is 18.4 Å². The van der Waals surface area contributed by atoms with Crippen LogP contribution in [-0.4, -0.2) is 36.5 Å². The van der Waals surface area contributed by atoms with Gasteiger partial charge in [0.25, 0.3) is 0 Å². The first-order chi connectivity index (χ1) is 9.56. The van der Waals surface area contributed by atoms with Crippen molar-refractivity contribution in [2.75, 3.05) is 19.6 Å². The topological polar surface area (TPSA) is 32.3 Å². The third-order valence-electron chi connectivity index (χ3n) is 3.84. The van der Waals surface area contributed by atoms with Crippen molar-refractivity contribution < 1.29 is 4.79 Å². The van der Waals surface area contributed by atoms with Gasteiger partial charge in [0.05, 0.1) is 6.42 Å². The van der Waals surface area contributed by atoms with Crippen LogP contribution in [0.2, 0.25) is 0 Å². The van der Waals surface area contributed by atoms with Gasteiger partial charge in [-0.2, -0.15) is 0 Å². The molecule has 0 spiro atoms. The maximum atomic E-state index is 12.3. The highest BCUT2D eigenvalue weighted by Gasteiger charge is 2.22. The summed E-state index contributed by atoms with van der Waals surface area (Å²) in [5, 5.41) is 3.31. The molecule has 1 heterocycles. The van der Waals surface area contributed by atoms with Crippen LogP contribution in [0.1, 0.15) is 31.9 Å². The number of carbonyl (C=O) groups excluding carboxylic acids is 1. The first-order valence-electron chi connectivity index (χ1n) is 7.64. The van der Waals surface area contributed by atoms with Crippen molar-refractivity contribution in [3.05, 3.63) is 35.4 Å². The summed E-state index contributed by atoms with van der Waals surface area (Å²) in [4.78, 5) is 14.3. The molecule has 0 radical (unpaired) electrons. The average molecular weight is 311 g/mol. The van der Waals surface area contributed by atoms with Crippen LogP contribution < -0.4 is 5.32 Å². The van der Waals surface area contributed by atoms with Gasteiger partial charge in [0.1, 0.15) is 0 Å². The number of nitrogens with zero attached hydrogens (tertiary/aromatic N) is 1. The van der Waals surface area contributed by atoms with E-state index in [4.69, 9.17) is 0 Å². The molecule has 1 N–H and O–H groups in total. The zero-order valence-electron chi connectivity index (χ0n) is 13.3. The quantitative estimate of drug-likeness (QED) is 0.927. The van der Waals surface area contributed by atoms with E-state index in [-0.39, 0.29) is 18.3 Å². The summed E-state index contributed by atoms with van der Waals surface area (Å²) < 4.78 is 0. The Balaban J connectivity index is 0.00000220. The number of halogens is 1. The Labute approximate surface area is 134 Å². The van der Waals surface area contributed by atoms with E-state index in [1.54, 1.807) is 0 Å². The number of nitrogens with one attached hydrogen (secondary N) is 1. The third kappa shape index (κ3) is 5.33. The molecule has 1 saturated heterocycles. The zero-order chi connectivity index (χ0) is 14.5. The highest BCUT2D eigenvalue weighted by molar-refractivity contribution is 5.85. The molecule has 0 aliphatic carbocycles. The Morgan fingerprint density at radius 1 is 1.29 bits per heavy atom. The SMILES string of the molecule is CC(C)Cc1ccc(CC(=O)N2CCNCC2C)cc1.Cl. The van der Waals surface area contributed by atoms with Gasteiger partial charge in [0.15, 0.2) is 0 Å². The fraction of sp³-hybridized carbons (Fsp3) is 0.588. The monoisotopic (exact) mass is 310 g/mol. The van der Waals surface area contributed by atoms with Crippen LogP contribution in [0.15, 0.2) is 24.3 Å². The molecule has 118 valence electrons. The van der Waals surface area contributed by atoms with Crippen LogP contribution in [0.25, 0.3) is 0 Å². The Morgan fingerprint density at radius 3 is 2.48 bits per heavy atom. The van der Waals surface area contributed by atoms with Gasteiger partial charge >= 0.3 is 0 Å². The lowest BCUT2D eigenvalue weighted by Gasteiger charge is -2.34. The minimum Gasteiger partial charge on any atom is -0.337 e. The van der Waals surface area contributed by atoms with E-state index in [1.165, 1.54) is 5.56 Å². The fourth-order valence-electron chi connectivity index (χ4n) is 2.75. The van der Waals surface area contributed by atoms with Gasteiger partial charge in [-0.1, -0.05) is 38.1 Å². The predicted octanol–water partition coefficient (Wildman–Crippen LogP) is 2.67. The minimum absolute atomic E-state index is 0. The Morgan fingerprint density at radius 2 is 1.90 bits per heavy atom. The predicted molar refractivity (Wildman–Crippen MR) is 90.0 cm³/mol. The van der Waals surface area contributed by atoms with Crippen LogP contribution in [0, 0.1) is 5.92 Å². The molecule has 1 atom stereocenters. The summed E-state index contributed by atoms with van der Waals surface area (Å²) in [5.41, 5.74) is 2.47. The van der Waals surface area contributed by atoms with E-state index < -0.39 is 0 Å². The third-order valence-corrected chi connectivity index (χ3v) is 3.84. The lowest BCUT2D eigenvalue weighted by Crippen LogP contribution is -2.52. The number of hydrogen-bond acceptors (Lipinski definition) is 2. The van der Waals surface area contributed by atoms with Crippen molar-refractivity contribution in [2.24, 2.45) is 5.92 Å². The molecular weight excluding hydrogens is 284 g/mol. The molecule has 21 heavy (non-hydrogen) atoms. The van der Waals surface area contributed by atoms with Gasteiger partial charge in [-0.25, -0.2) is 0 Å². The van der Waals surface area contributed by atoms with Crippen molar-refractivity contribution in [3.63, 3.8) is 0 Å². The van der Waals surface area contributed by atoms with Crippen molar-refractivity contribution >= 4 is 18.3 Å². The number of amides is 1. The van der Waals surface area contributed by atoms with E-state index >= 15 is 0 Å². The van der Waals surface area contributed by atoms with E-state index in [1.807, 2.05) is 4.90 Å². The molecule has 3 nitrogen and oxygen atoms in total. The van der Waals surface area contributed by atoms with Crippen LogP contribution in [0.4, 0.5) is 0 Å². The number of benzene rings is 1. The van der Waals surface area contributed by atoms with Crippen molar-refractivity contribution in [2.45, 2.75) is 39.7 Å². The molecule has 0 aromatic heterocycles. The van der Waals surface area contributed by atoms with Crippen LogP contribution >= 0.6 is 12.4 Å². The summed E-state index contributed by atoms with van der Waals surface area (Å²) in [7, 11) is 0. The van der Waals surface area contributed by atoms with Crippen molar-refractivity contribution in [1.82, 2.24) is 10.2 Å². The summed E-state index contributed by atoms with van der Waals surface area (Å²) in [6, 6.07) is 8.81. The van der Waals surface area contributed by atoms with Gasteiger partial charge in [-0.15, -0.1) is 12.4 Å². The number of hydrogen-bond donors (Lipinski definition) is 1. The second-order valence-corrected chi connectivity index (χ2v) is 6.23. The molecule has 1 amide bonds. The highest BCUT2D eigenvalue weighted by Crippen LogP contribution is 2.12. The van der Waals surface area contributed by atoms with Gasteiger partial charge < -0.3 is 10.2 Å². The summed E-state index contributed by atoms with van der Waals surface area (Å²) in [5.74, 6) is 0.916. The normalized spacial score (nSPS) is 18.5. The molecule has 0 bridgehead atoms. The molecular formula is C17H27ClN2O. The first-order valence-corrected chi connectivity index (χ1v) is 7.64. The second-order valence-electron chi connectivity index (χ2n) is 6.23. The maximum absolute atomic E-state index is 12.3. The molecule has 2 rings (SSSR count). The summed E-state index contributed by atoms with van der Waals surface area (Å²) in [6.45, 7) is 9.19. The van der Waals surface area contributed by atoms with Gasteiger partial charge in [0, 0.05) is 25.7 Å². The van der Waals surface area contributed by atoms with E-state index in [9.17, 15) is 4.79 Å². The van der Waals surface area contributed by atoms with E-state index in [2.05, 4.69) is 50.4 Å². The molecule has 1 aromatic carbocycles. The minimum atomic E-state index is 0. The lowest BCUT2D eigenvalue weighted by atomic mass is 10.0. The lowest BCUT2D eigenvalue weighted by molar-refractivity contribution is -0.133. The van der Waals surface area contributed by atoms with Gasteiger partial charge in [0.2, 0.25) is 5.91 Å². The zero-order valence-corrected chi connectivity index (χ0v) is 14.1. The number of rotatable bonds is 4. The molecule has 1 unspecified atom stereocenters. The molecule has 1 aromatic rings. The average Bonchev–Trinajstić information content (AvgIpc) is 2.41. The van der Waals surface area contributed by atoms with Crippen molar-refractivity contribution in [1.29, 1.82) is 0 Å². The Kier molecular flexibility index (Phi) is 7.20. The molecule has 0 saturated carbocycles. The maximum Gasteiger partial charge on any atom is 0.227 e. The molecule has 1 aliphatic heterocycles. The highest BCUT2D eigenvalue weighted by atomic mass is 35.5. The number of piperazine rings is 1. The summed E-state index contributed by atoms with van der Waals surface area (Å²) >= 11 is 0. The van der Waals surface area contributed by atoms with Crippen LogP contribution in [-0.2, 0) is 17.6 Å². The smallest absolute Gasteiger partial charge is 0.227 e. The molecule has 1 aliphatic rings. The fourth-order valence-corrected chi connectivity index (χ4v) is 2.75. The molecule has 4 heteroatoms. The Hall–Kier alpha value is -1.06. The summed E-state index contributed by atoms with van der Waals surface area (Å²) in [6.07, 6.45) is 1.62. The first kappa shape index (κ1) is 18.0. The van der Waals surface area contributed by atoms with Crippen LogP contribution in [0.5, 0.6) is 0 Å². The van der Waals surface area contributed by atoms with Gasteiger partial charge in [-0.05, 0) is 30.4 Å². The van der Waals surface area contributed by atoms with E-state index in [0.717, 1.165) is 31.6 Å². The molecule has 1 fully saturated rings. The van der Waals surface area contributed by atoms with Crippen molar-refractivity contribution in [3.8, 4) is 0 Å². The largest absolute Gasteiger partial charge is 0.337 e. The Bertz CT molecular complexity index is 445. The standard InChI is InChI=1S/C17H26N2O.ClH/c1-13(2)10-15-4-6-16(7-5-15)11-17(20)19-9-8-18-12-14(19)3;/h4-7,13-14,18H,8-12H2,1-3H3;1H. The second kappa shape index (κ2) is 8.40. The number of carbonyl (C=O) groups is 1.